The first-order valence-electron chi connectivity index (χ1n) is 4.12. The second kappa shape index (κ2) is 4.45. The van der Waals surface area contributed by atoms with Crippen molar-refractivity contribution in [3.05, 3.63) is 11.8 Å². The van der Waals surface area contributed by atoms with Crippen molar-refractivity contribution in [2.24, 2.45) is 0 Å². The maximum atomic E-state index is 5.53. The highest BCUT2D eigenvalue weighted by atomic mass is 35.5. The highest BCUT2D eigenvalue weighted by molar-refractivity contribution is 6.17. The van der Waals surface area contributed by atoms with Crippen molar-refractivity contribution < 1.29 is 4.42 Å². The van der Waals surface area contributed by atoms with Crippen LogP contribution in [0.2, 0.25) is 0 Å². The largest absolute Gasteiger partial charge is 0.425 e. The molecule has 0 amide bonds. The summed E-state index contributed by atoms with van der Waals surface area (Å²) in [5.41, 5.74) is 0. The highest BCUT2D eigenvalue weighted by Gasteiger charge is 2.08. The molecule has 0 aromatic carbocycles. The van der Waals surface area contributed by atoms with Crippen LogP contribution in [0.3, 0.4) is 0 Å². The van der Waals surface area contributed by atoms with Crippen LogP contribution in [-0.4, -0.2) is 16.1 Å². The smallest absolute Gasteiger partial charge is 0.219 e. The van der Waals surface area contributed by atoms with E-state index in [1.54, 1.807) is 0 Å². The Kier molecular flexibility index (Phi) is 3.53. The van der Waals surface area contributed by atoms with E-state index in [4.69, 9.17) is 16.0 Å². The van der Waals surface area contributed by atoms with E-state index >= 15 is 0 Å². The average Bonchev–Trinajstić information content (AvgIpc) is 2.48. The van der Waals surface area contributed by atoms with E-state index in [2.05, 4.69) is 10.2 Å². The van der Waals surface area contributed by atoms with Gasteiger partial charge in [0.2, 0.25) is 11.8 Å². The summed E-state index contributed by atoms with van der Waals surface area (Å²) >= 11 is 5.53. The van der Waals surface area contributed by atoms with Gasteiger partial charge < -0.3 is 4.42 Å². The van der Waals surface area contributed by atoms with E-state index in [1.807, 2.05) is 13.8 Å². The third-order valence-corrected chi connectivity index (χ3v) is 1.77. The molecule has 0 saturated carbocycles. The zero-order valence-corrected chi connectivity index (χ0v) is 8.14. The molecule has 0 saturated heterocycles. The monoisotopic (exact) mass is 188 g/mol. The number of rotatable bonds is 4. The van der Waals surface area contributed by atoms with Crippen LogP contribution in [0, 0.1) is 0 Å². The summed E-state index contributed by atoms with van der Waals surface area (Å²) in [6.45, 7) is 4.05. The predicted molar refractivity (Wildman–Crippen MR) is 47.4 cm³/mol. The lowest BCUT2D eigenvalue weighted by Crippen LogP contribution is -1.85. The third-order valence-electron chi connectivity index (χ3n) is 1.50. The molecule has 0 aliphatic heterocycles. The molecule has 3 nitrogen and oxygen atoms in total. The number of halogens is 1. The summed E-state index contributed by atoms with van der Waals surface area (Å²) < 4.78 is 5.37. The highest BCUT2D eigenvalue weighted by Crippen LogP contribution is 2.12. The Morgan fingerprint density at radius 3 is 2.67 bits per heavy atom. The normalized spacial score (nSPS) is 11.0. The first-order chi connectivity index (χ1) is 5.74. The average molecular weight is 189 g/mol. The minimum Gasteiger partial charge on any atom is -0.425 e. The van der Waals surface area contributed by atoms with Crippen LogP contribution in [0.5, 0.6) is 0 Å². The molecule has 0 spiro atoms. The Labute approximate surface area is 77.1 Å². The first kappa shape index (κ1) is 9.52. The minimum atomic E-state index is 0.308. The number of aromatic nitrogens is 2. The lowest BCUT2D eigenvalue weighted by atomic mass is 10.2. The Bertz CT molecular complexity index is 235. The van der Waals surface area contributed by atoms with Gasteiger partial charge in [-0.05, 0) is 6.42 Å². The van der Waals surface area contributed by atoms with Gasteiger partial charge in [0.15, 0.2) is 0 Å². The molecule has 0 aliphatic rings. The van der Waals surface area contributed by atoms with Gasteiger partial charge in [-0.25, -0.2) is 0 Å². The van der Waals surface area contributed by atoms with Crippen LogP contribution < -0.4 is 0 Å². The van der Waals surface area contributed by atoms with E-state index in [-0.39, 0.29) is 0 Å². The Morgan fingerprint density at radius 1 is 1.42 bits per heavy atom. The maximum Gasteiger partial charge on any atom is 0.219 e. The van der Waals surface area contributed by atoms with Crippen molar-refractivity contribution in [1.29, 1.82) is 0 Å². The molecule has 0 bridgehead atoms. The fourth-order valence-electron chi connectivity index (χ4n) is 0.819. The van der Waals surface area contributed by atoms with Gasteiger partial charge in [-0.3, -0.25) is 0 Å². The lowest BCUT2D eigenvalue weighted by Gasteiger charge is -1.94. The molecular formula is C8H13ClN2O. The van der Waals surface area contributed by atoms with E-state index in [0.29, 0.717) is 23.6 Å². The van der Waals surface area contributed by atoms with Crippen LogP contribution in [0.4, 0.5) is 0 Å². The summed E-state index contributed by atoms with van der Waals surface area (Å²) in [5.74, 6) is 2.35. The zero-order valence-electron chi connectivity index (χ0n) is 7.38. The topological polar surface area (TPSA) is 38.9 Å². The molecule has 4 heteroatoms. The van der Waals surface area contributed by atoms with Crippen molar-refractivity contribution in [2.45, 2.75) is 32.6 Å². The summed E-state index contributed by atoms with van der Waals surface area (Å²) in [6.07, 6.45) is 1.67. The molecule has 12 heavy (non-hydrogen) atoms. The fourth-order valence-corrected chi connectivity index (χ4v) is 0.953. The van der Waals surface area contributed by atoms with Crippen LogP contribution in [0.25, 0.3) is 0 Å². The summed E-state index contributed by atoms with van der Waals surface area (Å²) in [6, 6.07) is 0. The number of hydrogen-bond acceptors (Lipinski definition) is 3. The van der Waals surface area contributed by atoms with Crippen molar-refractivity contribution in [1.82, 2.24) is 10.2 Å². The van der Waals surface area contributed by atoms with Crippen molar-refractivity contribution in [2.75, 3.05) is 5.88 Å². The molecule has 68 valence electrons. The van der Waals surface area contributed by atoms with Gasteiger partial charge >= 0.3 is 0 Å². The van der Waals surface area contributed by atoms with Crippen LogP contribution in [0.15, 0.2) is 4.42 Å². The molecule has 1 aromatic rings. The van der Waals surface area contributed by atoms with Gasteiger partial charge in [0.05, 0.1) is 0 Å². The van der Waals surface area contributed by atoms with Gasteiger partial charge in [0, 0.05) is 18.2 Å². The van der Waals surface area contributed by atoms with Crippen molar-refractivity contribution in [3.63, 3.8) is 0 Å². The SMILES string of the molecule is CC(C)c1nnc(CCCCl)o1. The van der Waals surface area contributed by atoms with E-state index in [9.17, 15) is 0 Å². The molecule has 0 atom stereocenters. The van der Waals surface area contributed by atoms with Crippen LogP contribution in [0.1, 0.15) is 38.0 Å². The Balaban J connectivity index is 2.52. The number of alkyl halides is 1. The van der Waals surface area contributed by atoms with Gasteiger partial charge in [-0.1, -0.05) is 13.8 Å². The van der Waals surface area contributed by atoms with E-state index in [1.165, 1.54) is 0 Å². The standard InChI is InChI=1S/C8H13ClN2O/c1-6(2)8-11-10-7(12-8)4-3-5-9/h6H,3-5H2,1-2H3. The van der Waals surface area contributed by atoms with Crippen LogP contribution >= 0.6 is 11.6 Å². The molecular weight excluding hydrogens is 176 g/mol. The molecule has 0 fully saturated rings. The number of aryl methyl sites for hydroxylation is 1. The molecule has 1 aromatic heterocycles. The van der Waals surface area contributed by atoms with Gasteiger partial charge in [0.1, 0.15) is 0 Å². The third kappa shape index (κ3) is 2.48. The molecule has 1 rings (SSSR count). The zero-order chi connectivity index (χ0) is 8.97. The number of hydrogen-bond donors (Lipinski definition) is 0. The molecule has 0 N–H and O–H groups in total. The van der Waals surface area contributed by atoms with Gasteiger partial charge in [-0.15, -0.1) is 21.8 Å². The van der Waals surface area contributed by atoms with Crippen LogP contribution in [-0.2, 0) is 6.42 Å². The van der Waals surface area contributed by atoms with Gasteiger partial charge in [0.25, 0.3) is 0 Å². The molecule has 1 heterocycles. The van der Waals surface area contributed by atoms with Crippen molar-refractivity contribution in [3.8, 4) is 0 Å². The summed E-state index contributed by atoms with van der Waals surface area (Å²) in [5, 5.41) is 7.81. The fraction of sp³-hybridized carbons (Fsp3) is 0.750. The minimum absolute atomic E-state index is 0.308. The maximum absolute atomic E-state index is 5.53. The first-order valence-corrected chi connectivity index (χ1v) is 4.65. The quantitative estimate of drug-likeness (QED) is 0.681. The second-order valence-electron chi connectivity index (χ2n) is 2.98. The molecule has 0 aliphatic carbocycles. The Morgan fingerprint density at radius 2 is 2.17 bits per heavy atom. The van der Waals surface area contributed by atoms with E-state index < -0.39 is 0 Å². The molecule has 0 radical (unpaired) electrons. The van der Waals surface area contributed by atoms with E-state index in [0.717, 1.165) is 12.8 Å². The van der Waals surface area contributed by atoms with Gasteiger partial charge in [-0.2, -0.15) is 0 Å². The summed E-state index contributed by atoms with van der Waals surface area (Å²) in [4.78, 5) is 0. The summed E-state index contributed by atoms with van der Waals surface area (Å²) in [7, 11) is 0. The molecule has 0 unspecified atom stereocenters. The second-order valence-corrected chi connectivity index (χ2v) is 3.36. The lowest BCUT2D eigenvalue weighted by molar-refractivity contribution is 0.430. The number of nitrogens with zero attached hydrogens (tertiary/aromatic N) is 2. The van der Waals surface area contributed by atoms with Crippen molar-refractivity contribution >= 4 is 11.6 Å². The predicted octanol–water partition coefficient (Wildman–Crippen LogP) is 2.36. The Hall–Kier alpha value is -0.570.